The van der Waals surface area contributed by atoms with Crippen LogP contribution >= 0.6 is 0 Å². The van der Waals surface area contributed by atoms with Crippen molar-refractivity contribution >= 4 is 6.21 Å². The average molecular weight is 509 g/mol. The molecule has 36 heavy (non-hydrogen) atoms. The van der Waals surface area contributed by atoms with Crippen LogP contribution < -0.4 is 0 Å². The molecule has 0 atom stereocenters. The molecule has 0 saturated carbocycles. The fraction of sp³-hybridized carbons (Fsp3) is 0.174. The molecule has 0 bridgehead atoms. The Hall–Kier alpha value is -4.16. The first-order valence-electron chi connectivity index (χ1n) is 10.4. The quantitative estimate of drug-likeness (QED) is 0.330. The molecule has 0 spiro atoms. The summed E-state index contributed by atoms with van der Waals surface area (Å²) in [4.78, 5) is 7.39. The molecule has 0 radical (unpaired) electrons. The van der Waals surface area contributed by atoms with Crippen LogP contribution in [-0.4, -0.2) is 26.3 Å². The first kappa shape index (κ1) is 23.6. The number of benzene rings is 2. The zero-order valence-corrected chi connectivity index (χ0v) is 18.0. The Morgan fingerprint density at radius 3 is 2.44 bits per heavy atom. The Bertz CT molecular complexity index is 1450. The van der Waals surface area contributed by atoms with E-state index < -0.39 is 34.9 Å². The van der Waals surface area contributed by atoms with Gasteiger partial charge in [0.2, 0.25) is 0 Å². The monoisotopic (exact) mass is 509 g/mol. The van der Waals surface area contributed by atoms with Crippen molar-refractivity contribution in [3.63, 3.8) is 0 Å². The van der Waals surface area contributed by atoms with Crippen LogP contribution in [0.25, 0.3) is 22.6 Å². The van der Waals surface area contributed by atoms with Crippen molar-refractivity contribution in [2.75, 3.05) is 0 Å². The number of H-pyrrole nitrogens is 1. The van der Waals surface area contributed by atoms with Crippen LogP contribution in [0, 0.1) is 5.82 Å². The number of hydrogen-bond acceptors (Lipinski definition) is 5. The van der Waals surface area contributed by atoms with Gasteiger partial charge in [-0.25, -0.2) is 9.37 Å². The predicted molar refractivity (Wildman–Crippen MR) is 113 cm³/mol. The smallest absolute Gasteiger partial charge is 0.359 e. The van der Waals surface area contributed by atoms with Gasteiger partial charge >= 0.3 is 12.4 Å². The van der Waals surface area contributed by atoms with Crippen molar-refractivity contribution in [3.8, 4) is 22.6 Å². The minimum Gasteiger partial charge on any atom is -0.359 e. The van der Waals surface area contributed by atoms with Crippen molar-refractivity contribution < 1.29 is 35.3 Å². The number of aromatic amines is 1. The summed E-state index contributed by atoms with van der Waals surface area (Å²) in [5.41, 5.74) is -2.30. The highest BCUT2D eigenvalue weighted by Gasteiger charge is 2.39. The normalized spacial score (nSPS) is 13.8. The maximum Gasteiger partial charge on any atom is 0.417 e. The lowest BCUT2D eigenvalue weighted by Gasteiger charge is -2.19. The van der Waals surface area contributed by atoms with Crippen LogP contribution in [0.2, 0.25) is 0 Å². The van der Waals surface area contributed by atoms with Crippen molar-refractivity contribution in [1.29, 1.82) is 0 Å². The summed E-state index contributed by atoms with van der Waals surface area (Å²) in [7, 11) is 0. The third kappa shape index (κ3) is 4.55. The molecule has 3 heterocycles. The number of rotatable bonds is 4. The number of hydrogen-bond donors (Lipinski definition) is 1. The Kier molecular flexibility index (Phi) is 5.57. The van der Waals surface area contributed by atoms with Gasteiger partial charge in [0.15, 0.2) is 5.76 Å². The van der Waals surface area contributed by atoms with Gasteiger partial charge in [0, 0.05) is 11.6 Å². The number of aromatic nitrogens is 3. The number of halogens is 7. The van der Waals surface area contributed by atoms with Gasteiger partial charge in [-0.05, 0) is 24.3 Å². The maximum atomic E-state index is 14.1. The molecule has 0 unspecified atom stereocenters. The van der Waals surface area contributed by atoms with Gasteiger partial charge in [-0.2, -0.15) is 31.4 Å². The van der Waals surface area contributed by atoms with Gasteiger partial charge in [-0.15, -0.1) is 0 Å². The van der Waals surface area contributed by atoms with Crippen LogP contribution in [-0.2, 0) is 25.4 Å². The molecule has 6 nitrogen and oxygen atoms in total. The van der Waals surface area contributed by atoms with E-state index in [4.69, 9.17) is 4.52 Å². The van der Waals surface area contributed by atoms with Crippen LogP contribution in [0.4, 0.5) is 30.7 Å². The molecule has 186 valence electrons. The molecule has 2 aromatic heterocycles. The minimum absolute atomic E-state index is 0.00713. The molecular formula is C23H14F7N5O. The van der Waals surface area contributed by atoms with E-state index in [-0.39, 0.29) is 36.2 Å². The molecule has 0 fully saturated rings. The highest BCUT2D eigenvalue weighted by atomic mass is 19.4. The molecule has 4 aromatic rings. The van der Waals surface area contributed by atoms with Crippen molar-refractivity contribution in [3.05, 3.63) is 82.6 Å². The molecule has 0 saturated heterocycles. The number of hydrazone groups is 1. The SMILES string of the molecule is Fc1ccccc1-c1nc2c([nH]1)C=NN(Cc1cc(-c3ccc(C(F)(F)F)cc3C(F)(F)F)no1)C2. The predicted octanol–water partition coefficient (Wildman–Crippen LogP) is 6.26. The highest BCUT2D eigenvalue weighted by Crippen LogP contribution is 2.40. The van der Waals surface area contributed by atoms with Gasteiger partial charge in [0.1, 0.15) is 17.3 Å². The van der Waals surface area contributed by atoms with E-state index in [1.165, 1.54) is 23.4 Å². The zero-order valence-electron chi connectivity index (χ0n) is 18.0. The number of fused-ring (bicyclic) bond motifs is 1. The fourth-order valence-electron chi connectivity index (χ4n) is 3.75. The topological polar surface area (TPSA) is 70.3 Å². The van der Waals surface area contributed by atoms with Gasteiger partial charge in [-0.1, -0.05) is 23.4 Å². The first-order chi connectivity index (χ1) is 17.0. The van der Waals surface area contributed by atoms with Crippen molar-refractivity contribution in [2.45, 2.75) is 25.4 Å². The fourth-order valence-corrected chi connectivity index (χ4v) is 3.75. The average Bonchev–Trinajstić information content (AvgIpc) is 3.44. The molecular weight excluding hydrogens is 495 g/mol. The molecule has 2 aromatic carbocycles. The van der Waals surface area contributed by atoms with Crippen LogP contribution in [0.15, 0.2) is 58.2 Å². The summed E-state index contributed by atoms with van der Waals surface area (Å²) >= 11 is 0. The first-order valence-corrected chi connectivity index (χ1v) is 10.4. The molecule has 1 N–H and O–H groups in total. The van der Waals surface area contributed by atoms with E-state index in [0.717, 1.165) is 0 Å². The Balaban J connectivity index is 1.36. The van der Waals surface area contributed by atoms with Gasteiger partial charge in [0.05, 0.1) is 47.4 Å². The lowest BCUT2D eigenvalue weighted by Crippen LogP contribution is -2.21. The molecule has 0 aliphatic carbocycles. The lowest BCUT2D eigenvalue weighted by molar-refractivity contribution is -0.142. The molecule has 1 aliphatic heterocycles. The second-order valence-corrected chi connectivity index (χ2v) is 7.93. The third-order valence-electron chi connectivity index (χ3n) is 5.45. The summed E-state index contributed by atoms with van der Waals surface area (Å²) in [5.74, 6) is -0.00751. The Labute approximate surface area is 198 Å². The number of imidazole rings is 1. The molecule has 1 aliphatic rings. The van der Waals surface area contributed by atoms with Crippen LogP contribution in [0.5, 0.6) is 0 Å². The second kappa shape index (κ2) is 8.50. The van der Waals surface area contributed by atoms with E-state index in [1.54, 1.807) is 18.2 Å². The van der Waals surface area contributed by atoms with E-state index >= 15 is 0 Å². The van der Waals surface area contributed by atoms with E-state index in [2.05, 4.69) is 20.2 Å². The third-order valence-corrected chi connectivity index (χ3v) is 5.45. The number of nitrogens with zero attached hydrogens (tertiary/aromatic N) is 4. The number of nitrogens with one attached hydrogen (secondary N) is 1. The van der Waals surface area contributed by atoms with Gasteiger partial charge in [0.25, 0.3) is 0 Å². The van der Waals surface area contributed by atoms with Crippen molar-refractivity contribution in [1.82, 2.24) is 20.1 Å². The molecule has 5 rings (SSSR count). The Morgan fingerprint density at radius 2 is 1.72 bits per heavy atom. The van der Waals surface area contributed by atoms with Gasteiger partial charge in [-0.3, -0.25) is 5.01 Å². The lowest BCUT2D eigenvalue weighted by atomic mass is 10.0. The maximum absolute atomic E-state index is 14.1. The second-order valence-electron chi connectivity index (χ2n) is 7.93. The minimum atomic E-state index is -5.04. The highest BCUT2D eigenvalue weighted by molar-refractivity contribution is 5.80. The summed E-state index contributed by atoms with van der Waals surface area (Å²) in [5, 5.41) is 9.34. The molecule has 13 heteroatoms. The van der Waals surface area contributed by atoms with E-state index in [9.17, 15) is 30.7 Å². The van der Waals surface area contributed by atoms with E-state index in [0.29, 0.717) is 29.3 Å². The van der Waals surface area contributed by atoms with E-state index in [1.807, 2.05) is 0 Å². The Morgan fingerprint density at radius 1 is 0.944 bits per heavy atom. The summed E-state index contributed by atoms with van der Waals surface area (Å²) < 4.78 is 98.5. The summed E-state index contributed by atoms with van der Waals surface area (Å²) in [6.07, 6.45) is -8.51. The summed E-state index contributed by atoms with van der Waals surface area (Å²) in [6.45, 7) is 0.174. The van der Waals surface area contributed by atoms with Gasteiger partial charge < -0.3 is 9.51 Å². The zero-order chi connectivity index (χ0) is 25.7. The number of alkyl halides is 6. The van der Waals surface area contributed by atoms with Crippen LogP contribution in [0.3, 0.4) is 0 Å². The standard InChI is InChI=1S/C23H14F7N5O/c24-17-4-2-1-3-15(17)21-32-19-9-31-35(11-20(19)33-21)10-13-8-18(34-36-13)14-6-5-12(22(25,26)27)7-16(14)23(28,29)30/h1-9H,10-11H2,(H,32,33). The summed E-state index contributed by atoms with van der Waals surface area (Å²) in [6, 6.07) is 8.62. The van der Waals surface area contributed by atoms with Crippen molar-refractivity contribution in [2.24, 2.45) is 5.10 Å². The molecule has 0 amide bonds. The van der Waals surface area contributed by atoms with Crippen LogP contribution in [0.1, 0.15) is 28.3 Å². The largest absolute Gasteiger partial charge is 0.417 e.